The van der Waals surface area contributed by atoms with E-state index in [2.05, 4.69) is 108 Å². The Kier molecular flexibility index (Phi) is 18.9. The van der Waals surface area contributed by atoms with E-state index in [4.69, 9.17) is 11.5 Å². The van der Waals surface area contributed by atoms with Gasteiger partial charge in [0.2, 0.25) is 0 Å². The summed E-state index contributed by atoms with van der Waals surface area (Å²) in [5, 5.41) is 0. The van der Waals surface area contributed by atoms with Crippen LogP contribution in [0.4, 0.5) is 0 Å². The average molecular weight is 595 g/mol. The van der Waals surface area contributed by atoms with Crippen LogP contribution in [0, 0.1) is 12.3 Å². The minimum Gasteiger partial charge on any atom is -0.306 e. The summed E-state index contributed by atoms with van der Waals surface area (Å²) >= 11 is 0. The van der Waals surface area contributed by atoms with Gasteiger partial charge in [-0.2, -0.15) is 0 Å². The lowest BCUT2D eigenvalue weighted by molar-refractivity contribution is 0.331. The molecule has 44 heavy (non-hydrogen) atoms. The van der Waals surface area contributed by atoms with E-state index in [0.717, 1.165) is 52.7 Å². The van der Waals surface area contributed by atoms with Crippen LogP contribution in [-0.4, -0.2) is 5.66 Å². The van der Waals surface area contributed by atoms with E-state index >= 15 is 0 Å². The summed E-state index contributed by atoms with van der Waals surface area (Å²) in [6, 6.07) is 27.0. The topological polar surface area (TPSA) is 52.0 Å². The normalized spacial score (nSPS) is 17.0. The second kappa shape index (κ2) is 20.5. The van der Waals surface area contributed by atoms with E-state index in [1.54, 1.807) is 0 Å². The first kappa shape index (κ1) is 40.5. The predicted octanol–water partition coefficient (Wildman–Crippen LogP) is 12.0. The molecule has 2 heteroatoms. The molecule has 3 aromatic carbocycles. The van der Waals surface area contributed by atoms with Gasteiger partial charge in [-0.1, -0.05) is 172 Å². The van der Waals surface area contributed by atoms with E-state index in [1.165, 1.54) is 16.7 Å². The molecule has 0 saturated carbocycles. The Bertz CT molecular complexity index is 1320. The lowest BCUT2D eigenvalue weighted by Crippen LogP contribution is -2.57. The predicted molar refractivity (Wildman–Crippen MR) is 201 cm³/mol. The maximum Gasteiger partial charge on any atom is 0.113 e. The highest BCUT2D eigenvalue weighted by Crippen LogP contribution is 2.47. The Hall–Kier alpha value is -3.46. The van der Waals surface area contributed by atoms with E-state index < -0.39 is 5.66 Å². The van der Waals surface area contributed by atoms with Crippen LogP contribution in [0.5, 0.6) is 0 Å². The van der Waals surface area contributed by atoms with Crippen LogP contribution < -0.4 is 11.5 Å². The molecule has 1 atom stereocenters. The van der Waals surface area contributed by atoms with Crippen molar-refractivity contribution >= 4 is 16.7 Å². The van der Waals surface area contributed by atoms with Gasteiger partial charge in [0.1, 0.15) is 5.66 Å². The second-order valence-corrected chi connectivity index (χ2v) is 10.7. The van der Waals surface area contributed by atoms with Crippen LogP contribution in [0.3, 0.4) is 0 Å². The Morgan fingerprint density at radius 2 is 1.30 bits per heavy atom. The summed E-state index contributed by atoms with van der Waals surface area (Å²) in [5.41, 5.74) is 22.6. The Morgan fingerprint density at radius 3 is 1.80 bits per heavy atom. The molecule has 2 nitrogen and oxygen atoms in total. The number of allylic oxidation sites excluding steroid dienone is 3. The van der Waals surface area contributed by atoms with E-state index in [9.17, 15) is 0 Å². The van der Waals surface area contributed by atoms with Crippen molar-refractivity contribution in [2.45, 2.75) is 101 Å². The Balaban J connectivity index is 0.000000729. The third-order valence-electron chi connectivity index (χ3n) is 7.68. The first-order valence-corrected chi connectivity index (χ1v) is 16.6. The molecule has 4 N–H and O–H groups in total. The molecule has 0 saturated heterocycles. The SMILES string of the molecule is C=C(C)c1cccc(C(=C)c2ccccc2)c1.CC.CC.CC.CC/C=C1\C(C)(CC)CC=C(c2ccc(C)cc2)C1(N)N. The molecule has 4 rings (SSSR count). The van der Waals surface area contributed by atoms with Crippen LogP contribution in [-0.2, 0) is 0 Å². The van der Waals surface area contributed by atoms with Gasteiger partial charge in [0, 0.05) is 0 Å². The zero-order valence-corrected chi connectivity index (χ0v) is 29.9. The van der Waals surface area contributed by atoms with E-state index in [1.807, 2.05) is 72.7 Å². The maximum atomic E-state index is 6.61. The highest BCUT2D eigenvalue weighted by Gasteiger charge is 2.43. The molecule has 3 aromatic rings. The molecular weight excluding hydrogens is 532 g/mol. The van der Waals surface area contributed by atoms with Gasteiger partial charge in [0.05, 0.1) is 0 Å². The molecule has 1 unspecified atom stereocenters. The van der Waals surface area contributed by atoms with Gasteiger partial charge >= 0.3 is 0 Å². The molecule has 1 aliphatic carbocycles. The summed E-state index contributed by atoms with van der Waals surface area (Å²) in [5.74, 6) is 0. The number of aryl methyl sites for hydroxylation is 1. The highest BCUT2D eigenvalue weighted by atomic mass is 15.0. The number of nitrogens with two attached hydrogens (primary N) is 2. The number of hydrogen-bond donors (Lipinski definition) is 2. The standard InChI is InChI=1S/C19H28N2.C17H16.3C2H6/c1-5-7-17-18(4,6-2)13-12-16(19(17,20)21)15-10-8-14(3)9-11-15;1-13(2)16-10-7-11-17(12-16)14(3)15-8-5-4-6-9-15;3*1-2/h7-12H,5-6,13,20-21H2,1-4H3;4-12H,1,3H2,2H3;3*1-2H3/b17-7+;;;;. The van der Waals surface area contributed by atoms with Crippen molar-refractivity contribution in [1.29, 1.82) is 0 Å². The zero-order chi connectivity index (χ0) is 33.9. The molecule has 0 bridgehead atoms. The molecular formula is C42H62N2. The van der Waals surface area contributed by atoms with Crippen molar-refractivity contribution < 1.29 is 0 Å². The monoisotopic (exact) mass is 594 g/mol. The average Bonchev–Trinajstić information content (AvgIpc) is 3.07. The van der Waals surface area contributed by atoms with Crippen molar-refractivity contribution in [1.82, 2.24) is 0 Å². The van der Waals surface area contributed by atoms with Gasteiger partial charge in [-0.3, -0.25) is 0 Å². The third kappa shape index (κ3) is 10.9. The first-order chi connectivity index (χ1) is 21.0. The summed E-state index contributed by atoms with van der Waals surface area (Å²) in [6.45, 7) is 30.9. The molecule has 0 spiro atoms. The zero-order valence-electron chi connectivity index (χ0n) is 29.9. The summed E-state index contributed by atoms with van der Waals surface area (Å²) < 4.78 is 0. The molecule has 0 fully saturated rings. The highest BCUT2D eigenvalue weighted by molar-refractivity contribution is 5.80. The fraction of sp³-hybridized carbons (Fsp3) is 0.381. The molecule has 0 heterocycles. The number of benzene rings is 3. The quantitative estimate of drug-likeness (QED) is 0.220. The van der Waals surface area contributed by atoms with E-state index in [0.29, 0.717) is 0 Å². The molecule has 0 amide bonds. The lowest BCUT2D eigenvalue weighted by atomic mass is 9.64. The lowest BCUT2D eigenvalue weighted by Gasteiger charge is -2.45. The van der Waals surface area contributed by atoms with Crippen LogP contribution in [0.2, 0.25) is 0 Å². The minimum atomic E-state index is -0.881. The number of hydrogen-bond acceptors (Lipinski definition) is 2. The van der Waals surface area contributed by atoms with Crippen molar-refractivity contribution in [2.24, 2.45) is 16.9 Å². The molecule has 1 aliphatic rings. The Morgan fingerprint density at radius 1 is 0.773 bits per heavy atom. The van der Waals surface area contributed by atoms with Crippen LogP contribution in [0.25, 0.3) is 16.7 Å². The van der Waals surface area contributed by atoms with Crippen LogP contribution in [0.15, 0.2) is 110 Å². The fourth-order valence-corrected chi connectivity index (χ4v) is 5.07. The van der Waals surface area contributed by atoms with Gasteiger partial charge in [-0.05, 0) is 83.6 Å². The van der Waals surface area contributed by atoms with Crippen molar-refractivity contribution in [3.05, 3.63) is 138 Å². The van der Waals surface area contributed by atoms with Gasteiger partial charge < -0.3 is 11.5 Å². The summed E-state index contributed by atoms with van der Waals surface area (Å²) in [4.78, 5) is 0. The van der Waals surface area contributed by atoms with Crippen molar-refractivity contribution in [3.63, 3.8) is 0 Å². The van der Waals surface area contributed by atoms with Gasteiger partial charge in [0.15, 0.2) is 0 Å². The molecule has 240 valence electrons. The second-order valence-electron chi connectivity index (χ2n) is 10.7. The summed E-state index contributed by atoms with van der Waals surface area (Å²) in [7, 11) is 0. The Labute approximate surface area is 271 Å². The maximum absolute atomic E-state index is 6.61. The van der Waals surface area contributed by atoms with Gasteiger partial charge in [-0.15, -0.1) is 0 Å². The first-order valence-electron chi connectivity index (χ1n) is 16.6. The molecule has 0 aliphatic heterocycles. The van der Waals surface area contributed by atoms with Gasteiger partial charge in [0.25, 0.3) is 0 Å². The van der Waals surface area contributed by atoms with Crippen molar-refractivity contribution in [3.8, 4) is 0 Å². The van der Waals surface area contributed by atoms with Gasteiger partial charge in [-0.25, -0.2) is 0 Å². The number of rotatable bonds is 6. The molecule has 0 radical (unpaired) electrons. The molecule has 0 aromatic heterocycles. The largest absolute Gasteiger partial charge is 0.306 e. The minimum absolute atomic E-state index is 0.0632. The van der Waals surface area contributed by atoms with Crippen LogP contribution >= 0.6 is 0 Å². The third-order valence-corrected chi connectivity index (χ3v) is 7.68. The summed E-state index contributed by atoms with van der Waals surface area (Å²) in [6.07, 6.45) is 7.47. The van der Waals surface area contributed by atoms with E-state index in [-0.39, 0.29) is 5.41 Å². The fourth-order valence-electron chi connectivity index (χ4n) is 5.07. The van der Waals surface area contributed by atoms with Crippen LogP contribution in [0.1, 0.15) is 116 Å². The smallest absolute Gasteiger partial charge is 0.113 e. The van der Waals surface area contributed by atoms with Crippen molar-refractivity contribution in [2.75, 3.05) is 0 Å².